The molecule has 0 N–H and O–H groups in total. The van der Waals surface area contributed by atoms with Crippen LogP contribution in [0.2, 0.25) is 5.02 Å². The SMILES string of the molecule is Cl.Clc1cccc2c1nc1cc3ssnc3cc12. The number of nitrogens with zero attached hydrogens (tertiary/aromatic N) is 2. The van der Waals surface area contributed by atoms with Gasteiger partial charge in [-0.2, -0.15) is 4.37 Å². The number of halogens is 2. The summed E-state index contributed by atoms with van der Waals surface area (Å²) in [7, 11) is 3.19. The Morgan fingerprint density at radius 1 is 1.06 bits per heavy atom. The lowest BCUT2D eigenvalue weighted by Crippen LogP contribution is -1.69. The fourth-order valence-corrected chi connectivity index (χ4v) is 4.04. The van der Waals surface area contributed by atoms with E-state index in [1.807, 2.05) is 12.1 Å². The van der Waals surface area contributed by atoms with Crippen molar-refractivity contribution in [2.24, 2.45) is 0 Å². The first-order valence-electron chi connectivity index (χ1n) is 5.06. The number of benzene rings is 2. The Kier molecular flexibility index (Phi) is 2.90. The summed E-state index contributed by atoms with van der Waals surface area (Å²) >= 11 is 6.16. The highest BCUT2D eigenvalue weighted by atomic mass is 35.5. The van der Waals surface area contributed by atoms with Crippen LogP contribution in [-0.2, 0) is 0 Å². The summed E-state index contributed by atoms with van der Waals surface area (Å²) in [5.74, 6) is 0. The van der Waals surface area contributed by atoms with E-state index < -0.39 is 0 Å². The van der Waals surface area contributed by atoms with Crippen molar-refractivity contribution < 1.29 is 0 Å². The predicted octanol–water partition coefficient (Wildman–Crippen LogP) is 5.13. The molecule has 0 aliphatic rings. The van der Waals surface area contributed by atoms with Crippen LogP contribution >= 0.6 is 44.9 Å². The highest BCUT2D eigenvalue weighted by Gasteiger charge is 2.10. The number of rotatable bonds is 0. The van der Waals surface area contributed by atoms with Gasteiger partial charge >= 0.3 is 0 Å². The molecule has 0 saturated heterocycles. The molecule has 90 valence electrons. The van der Waals surface area contributed by atoms with E-state index in [9.17, 15) is 0 Å². The number of fused-ring (bicyclic) bond motifs is 4. The van der Waals surface area contributed by atoms with Crippen LogP contribution in [-0.4, -0.2) is 9.36 Å². The third-order valence-corrected chi connectivity index (χ3v) is 4.99. The van der Waals surface area contributed by atoms with Crippen LogP contribution in [0.15, 0.2) is 30.3 Å². The minimum absolute atomic E-state index is 0. The number of hydrogen-bond acceptors (Lipinski definition) is 4. The van der Waals surface area contributed by atoms with Gasteiger partial charge in [0.2, 0.25) is 0 Å². The van der Waals surface area contributed by atoms with Gasteiger partial charge in [0.1, 0.15) is 0 Å². The van der Waals surface area contributed by atoms with Gasteiger partial charge in [-0.25, -0.2) is 4.98 Å². The zero-order valence-corrected chi connectivity index (χ0v) is 12.1. The zero-order valence-electron chi connectivity index (χ0n) is 8.88. The smallest absolute Gasteiger partial charge is 0.0957 e. The largest absolute Gasteiger partial charge is 0.246 e. The third-order valence-electron chi connectivity index (χ3n) is 2.85. The van der Waals surface area contributed by atoms with Gasteiger partial charge in [0, 0.05) is 21.3 Å². The molecular weight excluding hydrogens is 307 g/mol. The van der Waals surface area contributed by atoms with Crippen LogP contribution in [0.3, 0.4) is 0 Å². The molecule has 4 rings (SSSR count). The van der Waals surface area contributed by atoms with E-state index in [2.05, 4.69) is 27.6 Å². The summed E-state index contributed by atoms with van der Waals surface area (Å²) in [6, 6.07) is 10.1. The molecule has 18 heavy (non-hydrogen) atoms. The number of para-hydroxylation sites is 1. The van der Waals surface area contributed by atoms with Gasteiger partial charge in [-0.1, -0.05) is 34.1 Å². The molecule has 2 aromatic heterocycles. The number of hydrogen-bond donors (Lipinski definition) is 0. The van der Waals surface area contributed by atoms with Crippen molar-refractivity contribution in [1.29, 1.82) is 0 Å². The molecular formula is C12H6Cl2N2S2. The van der Waals surface area contributed by atoms with E-state index in [4.69, 9.17) is 11.6 Å². The molecule has 4 aromatic rings. The molecule has 2 nitrogen and oxygen atoms in total. The zero-order chi connectivity index (χ0) is 11.4. The van der Waals surface area contributed by atoms with Crippen LogP contribution in [0.5, 0.6) is 0 Å². The van der Waals surface area contributed by atoms with E-state index in [0.29, 0.717) is 5.02 Å². The Bertz CT molecular complexity index is 866. The maximum absolute atomic E-state index is 6.16. The molecule has 2 heterocycles. The van der Waals surface area contributed by atoms with Gasteiger partial charge in [-0.3, -0.25) is 0 Å². The van der Waals surface area contributed by atoms with Gasteiger partial charge in [0.25, 0.3) is 0 Å². The molecule has 0 radical (unpaired) electrons. The van der Waals surface area contributed by atoms with E-state index >= 15 is 0 Å². The Morgan fingerprint density at radius 2 is 1.94 bits per heavy atom. The van der Waals surface area contributed by atoms with Gasteiger partial charge < -0.3 is 0 Å². The summed E-state index contributed by atoms with van der Waals surface area (Å²) in [6.07, 6.45) is 0. The molecule has 0 atom stereocenters. The van der Waals surface area contributed by atoms with Crippen molar-refractivity contribution in [3.05, 3.63) is 35.4 Å². The normalized spacial score (nSPS) is 11.2. The first-order valence-corrected chi connectivity index (χ1v) is 7.55. The molecule has 0 fully saturated rings. The Morgan fingerprint density at radius 3 is 2.83 bits per heavy atom. The average molecular weight is 313 g/mol. The quantitative estimate of drug-likeness (QED) is 0.420. The standard InChI is InChI=1S/C12H5ClN2S2.ClH/c13-8-3-1-2-6-7-4-10-11(16-17-15-10)5-9(7)14-12(6)8;/h1-5H;1H. The van der Waals surface area contributed by atoms with Crippen molar-refractivity contribution in [2.45, 2.75) is 0 Å². The summed E-state index contributed by atoms with van der Waals surface area (Å²) in [5, 5.41) is 2.94. The molecule has 0 spiro atoms. The predicted molar refractivity (Wildman–Crippen MR) is 82.6 cm³/mol. The van der Waals surface area contributed by atoms with Gasteiger partial charge in [0.15, 0.2) is 0 Å². The highest BCUT2D eigenvalue weighted by molar-refractivity contribution is 7.69. The summed E-state index contributed by atoms with van der Waals surface area (Å²) < 4.78 is 5.56. The van der Waals surface area contributed by atoms with Gasteiger partial charge in [-0.15, -0.1) is 12.4 Å². The minimum Gasteiger partial charge on any atom is -0.246 e. The summed E-state index contributed by atoms with van der Waals surface area (Å²) in [4.78, 5) is 4.60. The van der Waals surface area contributed by atoms with Crippen LogP contribution in [0.4, 0.5) is 0 Å². The van der Waals surface area contributed by atoms with Crippen LogP contribution in [0, 0.1) is 0 Å². The Labute approximate surface area is 121 Å². The van der Waals surface area contributed by atoms with Crippen molar-refractivity contribution in [3.63, 3.8) is 0 Å². The summed E-state index contributed by atoms with van der Waals surface area (Å²) in [6.45, 7) is 0. The molecule has 0 saturated carbocycles. The van der Waals surface area contributed by atoms with Crippen LogP contribution < -0.4 is 0 Å². The van der Waals surface area contributed by atoms with Gasteiger partial charge in [0.05, 0.1) is 26.3 Å². The molecule has 0 bridgehead atoms. The van der Waals surface area contributed by atoms with Crippen molar-refractivity contribution in [3.8, 4) is 0 Å². The van der Waals surface area contributed by atoms with E-state index in [1.165, 1.54) is 15.2 Å². The molecule has 6 heteroatoms. The molecule has 0 aliphatic heterocycles. The average Bonchev–Trinajstić information content (AvgIpc) is 2.90. The van der Waals surface area contributed by atoms with Crippen LogP contribution in [0.25, 0.3) is 32.0 Å². The van der Waals surface area contributed by atoms with Gasteiger partial charge in [-0.05, 0) is 18.2 Å². The number of aromatic nitrogens is 2. The third kappa shape index (κ3) is 1.61. The van der Waals surface area contributed by atoms with E-state index in [1.54, 1.807) is 10.3 Å². The molecule has 0 aliphatic carbocycles. The monoisotopic (exact) mass is 312 g/mol. The van der Waals surface area contributed by atoms with Crippen molar-refractivity contribution >= 4 is 76.9 Å². The van der Waals surface area contributed by atoms with Crippen molar-refractivity contribution in [2.75, 3.05) is 0 Å². The first kappa shape index (κ1) is 12.1. The molecule has 0 unspecified atom stereocenters. The van der Waals surface area contributed by atoms with E-state index in [-0.39, 0.29) is 12.4 Å². The fourth-order valence-electron chi connectivity index (χ4n) is 2.07. The molecule has 0 amide bonds. The Balaban J connectivity index is 0.000001000. The first-order chi connectivity index (χ1) is 8.33. The second kappa shape index (κ2) is 4.31. The maximum atomic E-state index is 6.16. The van der Waals surface area contributed by atoms with E-state index in [0.717, 1.165) is 27.3 Å². The minimum atomic E-state index is 0. The highest BCUT2D eigenvalue weighted by Crippen LogP contribution is 2.34. The summed E-state index contributed by atoms with van der Waals surface area (Å²) in [5.41, 5.74) is 2.92. The lowest BCUT2D eigenvalue weighted by molar-refractivity contribution is 1.55. The lowest BCUT2D eigenvalue weighted by atomic mass is 10.1. The second-order valence-electron chi connectivity index (χ2n) is 3.83. The van der Waals surface area contributed by atoms with Crippen LogP contribution in [0.1, 0.15) is 0 Å². The fraction of sp³-hybridized carbons (Fsp3) is 0. The van der Waals surface area contributed by atoms with Crippen molar-refractivity contribution in [1.82, 2.24) is 9.36 Å². The molecule has 2 aromatic carbocycles. The second-order valence-corrected chi connectivity index (χ2v) is 6.13. The maximum Gasteiger partial charge on any atom is 0.0957 e. The topological polar surface area (TPSA) is 25.8 Å². The lowest BCUT2D eigenvalue weighted by Gasteiger charge is -1.91. The Hall–Kier alpha value is -0.940.